The minimum Gasteiger partial charge on any atom is -0.399 e. The van der Waals surface area contributed by atoms with Crippen molar-refractivity contribution < 1.29 is 4.79 Å². The second kappa shape index (κ2) is 4.97. The summed E-state index contributed by atoms with van der Waals surface area (Å²) in [6, 6.07) is 5.93. The summed E-state index contributed by atoms with van der Waals surface area (Å²) in [7, 11) is 0. The molecule has 1 aliphatic rings. The second-order valence-electron chi connectivity index (χ2n) is 4.67. The standard InChI is InChI=1S/C13H14N4OS/c14-9-4-5-10-8(6-9)2-1-3-11(10)15-13(18)12-7-19-17-16-12/h4-7,11H,1-3,14H2,(H,15,18). The number of aryl methyl sites for hydroxylation is 1. The van der Waals surface area contributed by atoms with Crippen LogP contribution < -0.4 is 11.1 Å². The lowest BCUT2D eigenvalue weighted by molar-refractivity contribution is 0.0927. The predicted octanol–water partition coefficient (Wildman–Crippen LogP) is 1.93. The Morgan fingerprint density at radius 1 is 1.47 bits per heavy atom. The topological polar surface area (TPSA) is 80.9 Å². The number of nitrogens with one attached hydrogen (secondary N) is 1. The zero-order chi connectivity index (χ0) is 13.2. The molecule has 2 aromatic rings. The molecule has 1 heterocycles. The van der Waals surface area contributed by atoms with Crippen LogP contribution in [0.25, 0.3) is 0 Å². The summed E-state index contributed by atoms with van der Waals surface area (Å²) in [5.41, 5.74) is 9.35. The van der Waals surface area contributed by atoms with E-state index in [1.54, 1.807) is 5.38 Å². The van der Waals surface area contributed by atoms with Gasteiger partial charge in [0.25, 0.3) is 5.91 Å². The molecule has 0 fully saturated rings. The predicted molar refractivity (Wildman–Crippen MR) is 73.9 cm³/mol. The van der Waals surface area contributed by atoms with Gasteiger partial charge in [0.1, 0.15) is 0 Å². The molecule has 19 heavy (non-hydrogen) atoms. The fourth-order valence-electron chi connectivity index (χ4n) is 2.48. The van der Waals surface area contributed by atoms with Crippen molar-refractivity contribution in [2.45, 2.75) is 25.3 Å². The van der Waals surface area contributed by atoms with E-state index in [9.17, 15) is 4.79 Å². The molecule has 3 N–H and O–H groups in total. The maximum absolute atomic E-state index is 12.0. The van der Waals surface area contributed by atoms with Gasteiger partial charge in [-0.1, -0.05) is 10.6 Å². The fourth-order valence-corrected chi connectivity index (χ4v) is 2.92. The van der Waals surface area contributed by atoms with Crippen molar-refractivity contribution >= 4 is 23.1 Å². The van der Waals surface area contributed by atoms with Gasteiger partial charge < -0.3 is 11.1 Å². The third-order valence-electron chi connectivity index (χ3n) is 3.38. The number of nitrogens with two attached hydrogens (primary N) is 1. The summed E-state index contributed by atoms with van der Waals surface area (Å²) in [6.45, 7) is 0. The van der Waals surface area contributed by atoms with E-state index in [-0.39, 0.29) is 11.9 Å². The van der Waals surface area contributed by atoms with Gasteiger partial charge in [0, 0.05) is 11.1 Å². The number of benzene rings is 1. The van der Waals surface area contributed by atoms with Crippen LogP contribution in [0.4, 0.5) is 5.69 Å². The quantitative estimate of drug-likeness (QED) is 0.820. The second-order valence-corrected chi connectivity index (χ2v) is 5.28. The summed E-state index contributed by atoms with van der Waals surface area (Å²) in [5.74, 6) is -0.163. The van der Waals surface area contributed by atoms with E-state index in [0.717, 1.165) is 30.5 Å². The number of fused-ring (bicyclic) bond motifs is 1. The molecule has 5 nitrogen and oxygen atoms in total. The number of anilines is 1. The van der Waals surface area contributed by atoms with Gasteiger partial charge in [-0.3, -0.25) is 4.79 Å². The molecule has 1 atom stereocenters. The Bertz CT molecular complexity index is 597. The van der Waals surface area contributed by atoms with Crippen LogP contribution in [-0.4, -0.2) is 15.5 Å². The Labute approximate surface area is 115 Å². The molecule has 1 aliphatic carbocycles. The summed E-state index contributed by atoms with van der Waals surface area (Å²) < 4.78 is 3.71. The van der Waals surface area contributed by atoms with E-state index in [2.05, 4.69) is 14.9 Å². The van der Waals surface area contributed by atoms with Crippen molar-refractivity contribution in [2.75, 3.05) is 5.73 Å². The third-order valence-corrected chi connectivity index (χ3v) is 3.88. The minimum absolute atomic E-state index is 0.0403. The summed E-state index contributed by atoms with van der Waals surface area (Å²) >= 11 is 1.18. The number of nitrogen functional groups attached to an aromatic ring is 1. The van der Waals surface area contributed by atoms with Crippen molar-refractivity contribution in [1.29, 1.82) is 0 Å². The molecule has 1 unspecified atom stereocenters. The van der Waals surface area contributed by atoms with Crippen LogP contribution in [-0.2, 0) is 6.42 Å². The van der Waals surface area contributed by atoms with Crippen molar-refractivity contribution in [3.05, 3.63) is 40.4 Å². The Morgan fingerprint density at radius 3 is 3.16 bits per heavy atom. The number of carbonyl (C=O) groups excluding carboxylic acids is 1. The van der Waals surface area contributed by atoms with E-state index in [4.69, 9.17) is 5.73 Å². The molecule has 6 heteroatoms. The van der Waals surface area contributed by atoms with Crippen molar-refractivity contribution in [3.8, 4) is 0 Å². The van der Waals surface area contributed by atoms with Gasteiger partial charge in [-0.25, -0.2) is 0 Å². The van der Waals surface area contributed by atoms with Gasteiger partial charge in [-0.15, -0.1) is 5.10 Å². The van der Waals surface area contributed by atoms with Crippen LogP contribution in [0, 0.1) is 0 Å². The first-order valence-electron chi connectivity index (χ1n) is 6.20. The van der Waals surface area contributed by atoms with Crippen molar-refractivity contribution in [1.82, 2.24) is 14.9 Å². The van der Waals surface area contributed by atoms with Crippen LogP contribution in [0.5, 0.6) is 0 Å². The summed E-state index contributed by atoms with van der Waals surface area (Å²) in [5, 5.41) is 8.46. The average Bonchev–Trinajstić information content (AvgIpc) is 2.92. The van der Waals surface area contributed by atoms with E-state index in [1.807, 2.05) is 18.2 Å². The molecule has 0 saturated carbocycles. The van der Waals surface area contributed by atoms with Gasteiger partial charge >= 0.3 is 0 Å². The number of aromatic nitrogens is 2. The number of rotatable bonds is 2. The molecule has 0 bridgehead atoms. The Balaban J connectivity index is 1.82. The largest absolute Gasteiger partial charge is 0.399 e. The zero-order valence-electron chi connectivity index (χ0n) is 10.3. The van der Waals surface area contributed by atoms with Crippen LogP contribution >= 0.6 is 11.5 Å². The van der Waals surface area contributed by atoms with Crippen LogP contribution in [0.2, 0.25) is 0 Å². The molecular formula is C13H14N4OS. The van der Waals surface area contributed by atoms with Gasteiger partial charge in [-0.2, -0.15) is 0 Å². The first kappa shape index (κ1) is 12.1. The monoisotopic (exact) mass is 274 g/mol. The number of amides is 1. The number of hydrogen-bond acceptors (Lipinski definition) is 5. The molecular weight excluding hydrogens is 260 g/mol. The first-order valence-corrected chi connectivity index (χ1v) is 7.04. The minimum atomic E-state index is -0.163. The lowest BCUT2D eigenvalue weighted by Crippen LogP contribution is -2.31. The molecule has 1 amide bonds. The highest BCUT2D eigenvalue weighted by atomic mass is 32.1. The maximum atomic E-state index is 12.0. The molecule has 1 aromatic heterocycles. The summed E-state index contributed by atoms with van der Waals surface area (Å²) in [6.07, 6.45) is 3.02. The van der Waals surface area contributed by atoms with Crippen molar-refractivity contribution in [2.24, 2.45) is 0 Å². The summed E-state index contributed by atoms with van der Waals surface area (Å²) in [4.78, 5) is 12.0. The van der Waals surface area contributed by atoms with E-state index < -0.39 is 0 Å². The van der Waals surface area contributed by atoms with E-state index in [0.29, 0.717) is 5.69 Å². The van der Waals surface area contributed by atoms with Gasteiger partial charge in [0.2, 0.25) is 0 Å². The van der Waals surface area contributed by atoms with Crippen molar-refractivity contribution in [3.63, 3.8) is 0 Å². The Kier molecular flexibility index (Phi) is 3.16. The normalized spacial score (nSPS) is 17.8. The van der Waals surface area contributed by atoms with Gasteiger partial charge in [-0.05, 0) is 54.1 Å². The highest BCUT2D eigenvalue weighted by Crippen LogP contribution is 2.31. The molecule has 0 aliphatic heterocycles. The Morgan fingerprint density at radius 2 is 2.37 bits per heavy atom. The van der Waals surface area contributed by atoms with Crippen LogP contribution in [0.15, 0.2) is 23.6 Å². The highest BCUT2D eigenvalue weighted by molar-refractivity contribution is 7.03. The molecule has 0 spiro atoms. The van der Waals surface area contributed by atoms with E-state index >= 15 is 0 Å². The molecule has 1 aromatic carbocycles. The smallest absolute Gasteiger partial charge is 0.273 e. The van der Waals surface area contributed by atoms with Gasteiger partial charge in [0.05, 0.1) is 6.04 Å². The molecule has 0 saturated heterocycles. The fraction of sp³-hybridized carbons (Fsp3) is 0.308. The molecule has 98 valence electrons. The number of nitrogens with zero attached hydrogens (tertiary/aromatic N) is 2. The van der Waals surface area contributed by atoms with Crippen LogP contribution in [0.3, 0.4) is 0 Å². The molecule has 3 rings (SSSR count). The van der Waals surface area contributed by atoms with Gasteiger partial charge in [0.15, 0.2) is 5.69 Å². The average molecular weight is 274 g/mol. The maximum Gasteiger partial charge on any atom is 0.273 e. The first-order chi connectivity index (χ1) is 9.24. The number of carbonyl (C=O) groups is 1. The highest BCUT2D eigenvalue weighted by Gasteiger charge is 2.23. The van der Waals surface area contributed by atoms with Crippen LogP contribution in [0.1, 0.15) is 40.5 Å². The number of hydrogen-bond donors (Lipinski definition) is 2. The lowest BCUT2D eigenvalue weighted by atomic mass is 9.87. The van der Waals surface area contributed by atoms with E-state index in [1.165, 1.54) is 17.1 Å². The zero-order valence-corrected chi connectivity index (χ0v) is 11.1. The SMILES string of the molecule is Nc1ccc2c(c1)CCCC2NC(=O)c1csnn1. The Hall–Kier alpha value is -1.95. The third kappa shape index (κ3) is 2.44. The lowest BCUT2D eigenvalue weighted by Gasteiger charge is -2.26. The molecule has 0 radical (unpaired) electrons.